The molecule has 0 aliphatic heterocycles. The van der Waals surface area contributed by atoms with E-state index in [0.29, 0.717) is 5.75 Å². The van der Waals surface area contributed by atoms with Crippen molar-refractivity contribution in [1.29, 1.82) is 0 Å². The number of methoxy groups -OCH3 is 1. The van der Waals surface area contributed by atoms with Crippen molar-refractivity contribution in [2.45, 2.75) is 19.3 Å². The highest BCUT2D eigenvalue weighted by Crippen LogP contribution is 2.40. The van der Waals surface area contributed by atoms with E-state index in [9.17, 15) is 5.11 Å². The summed E-state index contributed by atoms with van der Waals surface area (Å²) >= 11 is 0. The van der Waals surface area contributed by atoms with Crippen molar-refractivity contribution < 1.29 is 9.84 Å². The first-order chi connectivity index (χ1) is 14.5. The first-order valence-electron chi connectivity index (χ1n) is 10.1. The van der Waals surface area contributed by atoms with E-state index in [1.165, 1.54) is 5.56 Å². The number of ether oxygens (including phenoxy) is 1. The highest BCUT2D eigenvalue weighted by atomic mass is 16.5. The van der Waals surface area contributed by atoms with Gasteiger partial charge in [0.05, 0.1) is 7.11 Å². The van der Waals surface area contributed by atoms with Crippen LogP contribution >= 0.6 is 0 Å². The Labute approximate surface area is 178 Å². The quantitative estimate of drug-likeness (QED) is 0.392. The highest BCUT2D eigenvalue weighted by molar-refractivity contribution is 5.73. The molecule has 0 unspecified atom stereocenters. The third-order valence-corrected chi connectivity index (χ3v) is 5.81. The van der Waals surface area contributed by atoms with Crippen molar-refractivity contribution in [2.24, 2.45) is 0 Å². The van der Waals surface area contributed by atoms with Gasteiger partial charge in [-0.05, 0) is 46.5 Å². The van der Waals surface area contributed by atoms with Crippen LogP contribution in [-0.2, 0) is 5.41 Å². The number of phenolic OH excluding ortho intramolecular Hbond substituents is 1. The lowest BCUT2D eigenvalue weighted by Crippen LogP contribution is -2.19. The largest absolute Gasteiger partial charge is 0.507 e. The minimum atomic E-state index is -0.257. The Hall–Kier alpha value is -3.52. The van der Waals surface area contributed by atoms with Crippen molar-refractivity contribution in [1.82, 2.24) is 0 Å². The standard InChI is InChI=1S/C28H26O2/c1-28(2,22-14-16-26(29)24(18-22)20-10-6-4-7-11-20)23-15-17-27(30-3)25(19-23)21-12-8-5-9-13-21/h4-19,29H,1-3H3. The lowest BCUT2D eigenvalue weighted by Gasteiger charge is -2.28. The van der Waals surface area contributed by atoms with E-state index in [2.05, 4.69) is 44.2 Å². The molecule has 0 bridgehead atoms. The van der Waals surface area contributed by atoms with Gasteiger partial charge in [0, 0.05) is 16.5 Å². The van der Waals surface area contributed by atoms with E-state index in [1.807, 2.05) is 60.7 Å². The third kappa shape index (κ3) is 3.69. The highest BCUT2D eigenvalue weighted by Gasteiger charge is 2.25. The summed E-state index contributed by atoms with van der Waals surface area (Å²) in [5.74, 6) is 1.15. The second-order valence-corrected chi connectivity index (χ2v) is 8.00. The average Bonchev–Trinajstić information content (AvgIpc) is 2.80. The Morgan fingerprint density at radius 1 is 0.633 bits per heavy atom. The maximum atomic E-state index is 10.5. The molecule has 2 heteroatoms. The number of aromatic hydroxyl groups is 1. The molecular formula is C28H26O2. The van der Waals surface area contributed by atoms with Gasteiger partial charge in [0.2, 0.25) is 0 Å². The molecule has 0 fully saturated rings. The molecule has 0 amide bonds. The van der Waals surface area contributed by atoms with E-state index in [0.717, 1.165) is 33.6 Å². The molecule has 0 radical (unpaired) electrons. The van der Waals surface area contributed by atoms with E-state index < -0.39 is 0 Å². The fourth-order valence-electron chi connectivity index (χ4n) is 3.88. The Morgan fingerprint density at radius 3 is 1.70 bits per heavy atom. The smallest absolute Gasteiger partial charge is 0.126 e. The Kier molecular flexibility index (Phi) is 5.33. The maximum Gasteiger partial charge on any atom is 0.126 e. The van der Waals surface area contributed by atoms with Crippen LogP contribution in [0.3, 0.4) is 0 Å². The van der Waals surface area contributed by atoms with Crippen LogP contribution in [0.25, 0.3) is 22.3 Å². The van der Waals surface area contributed by atoms with E-state index >= 15 is 0 Å². The number of rotatable bonds is 5. The van der Waals surface area contributed by atoms with Gasteiger partial charge in [-0.2, -0.15) is 0 Å². The molecule has 2 nitrogen and oxygen atoms in total. The van der Waals surface area contributed by atoms with Crippen LogP contribution in [0.15, 0.2) is 97.1 Å². The number of phenols is 1. The van der Waals surface area contributed by atoms with Crippen LogP contribution in [0, 0.1) is 0 Å². The summed E-state index contributed by atoms with van der Waals surface area (Å²) in [4.78, 5) is 0. The number of hydrogen-bond acceptors (Lipinski definition) is 2. The molecule has 4 aromatic carbocycles. The molecule has 1 N–H and O–H groups in total. The average molecular weight is 395 g/mol. The zero-order chi connectivity index (χ0) is 21.1. The molecular weight excluding hydrogens is 368 g/mol. The molecule has 0 aliphatic rings. The van der Waals surface area contributed by atoms with Crippen LogP contribution in [0.1, 0.15) is 25.0 Å². The van der Waals surface area contributed by atoms with Gasteiger partial charge in [0.15, 0.2) is 0 Å². The Balaban J connectivity index is 1.81. The number of benzene rings is 4. The summed E-state index contributed by atoms with van der Waals surface area (Å²) in [7, 11) is 1.71. The van der Waals surface area contributed by atoms with Gasteiger partial charge in [-0.3, -0.25) is 0 Å². The van der Waals surface area contributed by atoms with E-state index in [-0.39, 0.29) is 5.41 Å². The first kappa shape index (κ1) is 19.8. The minimum Gasteiger partial charge on any atom is -0.507 e. The summed E-state index contributed by atoms with van der Waals surface area (Å²) in [6, 6.07) is 32.6. The molecule has 0 aliphatic carbocycles. The van der Waals surface area contributed by atoms with Gasteiger partial charge in [-0.15, -0.1) is 0 Å². The van der Waals surface area contributed by atoms with Gasteiger partial charge in [-0.1, -0.05) is 86.6 Å². The third-order valence-electron chi connectivity index (χ3n) is 5.81. The van der Waals surface area contributed by atoms with Crippen LogP contribution in [-0.4, -0.2) is 12.2 Å². The minimum absolute atomic E-state index is 0.257. The lowest BCUT2D eigenvalue weighted by atomic mass is 9.76. The SMILES string of the molecule is COc1ccc(C(C)(C)c2ccc(O)c(-c3ccccc3)c2)cc1-c1ccccc1. The molecule has 0 heterocycles. The van der Waals surface area contributed by atoms with Gasteiger partial charge < -0.3 is 9.84 Å². The molecule has 0 saturated heterocycles. The monoisotopic (exact) mass is 394 g/mol. The van der Waals surface area contributed by atoms with E-state index in [1.54, 1.807) is 13.2 Å². The Bertz CT molecular complexity index is 1150. The molecule has 150 valence electrons. The second kappa shape index (κ2) is 8.08. The van der Waals surface area contributed by atoms with E-state index in [4.69, 9.17) is 4.74 Å². The topological polar surface area (TPSA) is 29.5 Å². The van der Waals surface area contributed by atoms with Crippen molar-refractivity contribution in [2.75, 3.05) is 7.11 Å². The predicted molar refractivity (Wildman–Crippen MR) is 124 cm³/mol. The van der Waals surface area contributed by atoms with Crippen LogP contribution in [0.2, 0.25) is 0 Å². The van der Waals surface area contributed by atoms with Gasteiger partial charge in [-0.25, -0.2) is 0 Å². The molecule has 30 heavy (non-hydrogen) atoms. The van der Waals surface area contributed by atoms with Crippen LogP contribution in [0.5, 0.6) is 11.5 Å². The summed E-state index contributed by atoms with van der Waals surface area (Å²) in [5.41, 5.74) is 6.13. The molecule has 4 rings (SSSR count). The zero-order valence-electron chi connectivity index (χ0n) is 17.6. The lowest BCUT2D eigenvalue weighted by molar-refractivity contribution is 0.416. The van der Waals surface area contributed by atoms with Crippen molar-refractivity contribution in [3.63, 3.8) is 0 Å². The van der Waals surface area contributed by atoms with Crippen LogP contribution < -0.4 is 4.74 Å². The van der Waals surface area contributed by atoms with Gasteiger partial charge in [0.25, 0.3) is 0 Å². The predicted octanol–water partition coefficient (Wildman–Crippen LogP) is 7.06. The van der Waals surface area contributed by atoms with Gasteiger partial charge in [0.1, 0.15) is 11.5 Å². The fourth-order valence-corrected chi connectivity index (χ4v) is 3.88. The Morgan fingerprint density at radius 2 is 1.13 bits per heavy atom. The maximum absolute atomic E-state index is 10.5. The molecule has 0 aromatic heterocycles. The van der Waals surface area contributed by atoms with Crippen molar-refractivity contribution in [3.05, 3.63) is 108 Å². The van der Waals surface area contributed by atoms with Crippen molar-refractivity contribution in [3.8, 4) is 33.8 Å². The summed E-state index contributed by atoms with van der Waals surface area (Å²) in [5, 5.41) is 10.5. The summed E-state index contributed by atoms with van der Waals surface area (Å²) in [6.45, 7) is 4.43. The zero-order valence-corrected chi connectivity index (χ0v) is 17.6. The first-order valence-corrected chi connectivity index (χ1v) is 10.1. The van der Waals surface area contributed by atoms with Crippen LogP contribution in [0.4, 0.5) is 0 Å². The molecule has 0 saturated carbocycles. The molecule has 0 spiro atoms. The number of hydrogen-bond donors (Lipinski definition) is 1. The summed E-state index contributed by atoms with van der Waals surface area (Å²) in [6.07, 6.45) is 0. The van der Waals surface area contributed by atoms with Gasteiger partial charge >= 0.3 is 0 Å². The summed E-state index contributed by atoms with van der Waals surface area (Å²) < 4.78 is 5.63. The normalized spacial score (nSPS) is 11.3. The molecule has 0 atom stereocenters. The second-order valence-electron chi connectivity index (χ2n) is 8.00. The fraction of sp³-hybridized carbons (Fsp3) is 0.143. The van der Waals surface area contributed by atoms with Crippen molar-refractivity contribution >= 4 is 0 Å². The molecule has 4 aromatic rings.